The van der Waals surface area contributed by atoms with Crippen LogP contribution in [-0.4, -0.2) is 12.2 Å². The van der Waals surface area contributed by atoms with Gasteiger partial charge in [-0.3, -0.25) is 15.2 Å². The molecule has 100 valence electrons. The zero-order valence-corrected chi connectivity index (χ0v) is 10.2. The van der Waals surface area contributed by atoms with Gasteiger partial charge in [-0.1, -0.05) is 0 Å². The summed E-state index contributed by atoms with van der Waals surface area (Å²) in [4.78, 5) is 21.3. The summed E-state index contributed by atoms with van der Waals surface area (Å²) in [5.74, 6) is 0.671. The molecule has 1 unspecified atom stereocenters. The van der Waals surface area contributed by atoms with Gasteiger partial charge in [-0.25, -0.2) is 9.59 Å². The van der Waals surface area contributed by atoms with Crippen molar-refractivity contribution in [3.05, 3.63) is 23.7 Å². The Morgan fingerprint density at radius 2 is 1.83 bits per heavy atom. The molecule has 1 rings (SSSR count). The Balaban J connectivity index is 2.37. The molecule has 0 aliphatic rings. The third-order valence-corrected chi connectivity index (χ3v) is 2.10. The highest BCUT2D eigenvalue weighted by Gasteiger charge is 2.08. The Hall–Kier alpha value is -1.99. The summed E-state index contributed by atoms with van der Waals surface area (Å²) in [5, 5.41) is 1.90. The molecule has 1 aromatic rings. The molecule has 0 aromatic carbocycles. The van der Waals surface area contributed by atoms with Gasteiger partial charge in [0.1, 0.15) is 11.5 Å². The molecule has 0 saturated heterocycles. The molecular formula is C8H12N3O6P. The third kappa shape index (κ3) is 5.37. The lowest BCUT2D eigenvalue weighted by Gasteiger charge is -2.02. The highest BCUT2D eigenvalue weighted by atomic mass is 31.1. The molecule has 0 aliphatic heterocycles. The normalized spacial score (nSPS) is 11.6. The van der Waals surface area contributed by atoms with E-state index in [-0.39, 0.29) is 13.2 Å². The van der Waals surface area contributed by atoms with Crippen molar-refractivity contribution in [3.8, 4) is 0 Å². The third-order valence-electron chi connectivity index (χ3n) is 1.64. The van der Waals surface area contributed by atoms with Gasteiger partial charge in [0.05, 0.1) is 0 Å². The summed E-state index contributed by atoms with van der Waals surface area (Å²) in [5.41, 5.74) is 9.66. The van der Waals surface area contributed by atoms with E-state index in [2.05, 4.69) is 9.47 Å². The van der Waals surface area contributed by atoms with E-state index < -0.39 is 20.3 Å². The molecule has 0 spiro atoms. The van der Waals surface area contributed by atoms with Gasteiger partial charge in [0.15, 0.2) is 13.2 Å². The standard InChI is InChI=1S/C8H12N3O6P/c9-7(12)15-3-5-1-2-6(17-5)4-16-8(13)11-18(10)14/h1-2,18H,3-4H2,(H2,9,12)(H3,10,11,13,14). The van der Waals surface area contributed by atoms with Gasteiger partial charge in [-0.2, -0.15) is 0 Å². The molecule has 0 bridgehead atoms. The highest BCUT2D eigenvalue weighted by Crippen LogP contribution is 2.11. The van der Waals surface area contributed by atoms with Crippen LogP contribution in [0.4, 0.5) is 9.59 Å². The minimum atomic E-state index is -2.63. The monoisotopic (exact) mass is 277 g/mol. The summed E-state index contributed by atoms with van der Waals surface area (Å²) in [6.07, 6.45) is -1.83. The summed E-state index contributed by atoms with van der Waals surface area (Å²) < 4.78 is 24.8. The van der Waals surface area contributed by atoms with Crippen molar-refractivity contribution in [1.29, 1.82) is 0 Å². The average Bonchev–Trinajstić information content (AvgIpc) is 2.70. The zero-order valence-electron chi connectivity index (χ0n) is 9.17. The first-order valence-corrected chi connectivity index (χ1v) is 6.19. The van der Waals surface area contributed by atoms with Gasteiger partial charge in [0, 0.05) is 0 Å². The van der Waals surface area contributed by atoms with E-state index in [0.717, 1.165) is 0 Å². The Labute approximate surface area is 102 Å². The Kier molecular flexibility index (Phi) is 5.22. The number of nitrogens with two attached hydrogens (primary N) is 2. The second kappa shape index (κ2) is 6.67. The number of carbonyl (C=O) groups excluding carboxylic acids is 2. The van der Waals surface area contributed by atoms with Crippen LogP contribution in [0, 0.1) is 0 Å². The summed E-state index contributed by atoms with van der Waals surface area (Å²) in [6, 6.07) is 3.06. The van der Waals surface area contributed by atoms with Crippen molar-refractivity contribution in [2.24, 2.45) is 11.2 Å². The first-order chi connectivity index (χ1) is 8.47. The Bertz CT molecular complexity index is 459. The van der Waals surface area contributed by atoms with E-state index in [0.29, 0.717) is 11.5 Å². The van der Waals surface area contributed by atoms with Crippen molar-refractivity contribution in [2.75, 3.05) is 0 Å². The zero-order chi connectivity index (χ0) is 13.5. The predicted molar refractivity (Wildman–Crippen MR) is 59.6 cm³/mol. The number of hydrogen-bond acceptors (Lipinski definition) is 6. The highest BCUT2D eigenvalue weighted by molar-refractivity contribution is 7.40. The van der Waals surface area contributed by atoms with Crippen LogP contribution in [0.1, 0.15) is 11.5 Å². The molecule has 0 aliphatic carbocycles. The van der Waals surface area contributed by atoms with Gasteiger partial charge in [0.2, 0.25) is 8.10 Å². The Morgan fingerprint density at radius 1 is 1.28 bits per heavy atom. The molecule has 1 atom stereocenters. The molecule has 10 heteroatoms. The minimum Gasteiger partial charge on any atom is -0.459 e. The molecule has 1 heterocycles. The molecule has 1 aromatic heterocycles. The van der Waals surface area contributed by atoms with Crippen LogP contribution in [0.25, 0.3) is 0 Å². The van der Waals surface area contributed by atoms with Gasteiger partial charge in [-0.05, 0) is 12.1 Å². The fourth-order valence-electron chi connectivity index (χ4n) is 0.993. The number of carbonyl (C=O) groups is 2. The lowest BCUT2D eigenvalue weighted by Crippen LogP contribution is -2.18. The first kappa shape index (κ1) is 14.1. The van der Waals surface area contributed by atoms with E-state index in [1.165, 1.54) is 12.1 Å². The van der Waals surface area contributed by atoms with Gasteiger partial charge in [0.25, 0.3) is 0 Å². The molecule has 18 heavy (non-hydrogen) atoms. The molecule has 0 saturated carbocycles. The fourth-order valence-corrected chi connectivity index (χ4v) is 1.27. The SMILES string of the molecule is NC(=O)OCc1ccc(COC(=O)N[PH](N)=O)o1. The van der Waals surface area contributed by atoms with Gasteiger partial charge < -0.3 is 19.6 Å². The number of hydrogen-bond donors (Lipinski definition) is 3. The quantitative estimate of drug-likeness (QED) is 0.662. The van der Waals surface area contributed by atoms with E-state index >= 15 is 0 Å². The van der Waals surface area contributed by atoms with E-state index in [9.17, 15) is 14.2 Å². The van der Waals surface area contributed by atoms with Crippen molar-refractivity contribution >= 4 is 20.3 Å². The fraction of sp³-hybridized carbons (Fsp3) is 0.250. The number of amides is 2. The second-order valence-electron chi connectivity index (χ2n) is 3.04. The van der Waals surface area contributed by atoms with E-state index in [4.69, 9.17) is 15.7 Å². The second-order valence-corrected chi connectivity index (χ2v) is 4.02. The van der Waals surface area contributed by atoms with Crippen LogP contribution in [0.5, 0.6) is 0 Å². The van der Waals surface area contributed by atoms with Crippen LogP contribution >= 0.6 is 8.10 Å². The van der Waals surface area contributed by atoms with Crippen LogP contribution < -0.4 is 16.3 Å². The van der Waals surface area contributed by atoms with Gasteiger partial charge in [-0.15, -0.1) is 0 Å². The first-order valence-electron chi connectivity index (χ1n) is 4.70. The van der Waals surface area contributed by atoms with Crippen LogP contribution in [-0.2, 0) is 27.3 Å². The average molecular weight is 277 g/mol. The van der Waals surface area contributed by atoms with Crippen molar-refractivity contribution in [3.63, 3.8) is 0 Å². The lowest BCUT2D eigenvalue weighted by molar-refractivity contribution is 0.128. The van der Waals surface area contributed by atoms with Crippen LogP contribution in [0.3, 0.4) is 0 Å². The summed E-state index contributed by atoms with van der Waals surface area (Å²) in [7, 11) is -2.63. The molecule has 2 amide bonds. The van der Waals surface area contributed by atoms with Crippen LogP contribution in [0.2, 0.25) is 0 Å². The topological polar surface area (TPSA) is 147 Å². The predicted octanol–water partition coefficient (Wildman–Crippen LogP) is 0.450. The molecular weight excluding hydrogens is 265 g/mol. The summed E-state index contributed by atoms with van der Waals surface area (Å²) >= 11 is 0. The number of ether oxygens (including phenoxy) is 2. The van der Waals surface area contributed by atoms with E-state index in [1.54, 1.807) is 0 Å². The molecule has 5 N–H and O–H groups in total. The number of primary amides is 1. The maximum atomic E-state index is 10.9. The number of nitrogens with one attached hydrogen (secondary N) is 1. The molecule has 9 nitrogen and oxygen atoms in total. The Morgan fingerprint density at radius 3 is 2.33 bits per heavy atom. The smallest absolute Gasteiger partial charge is 0.413 e. The number of furan rings is 1. The maximum absolute atomic E-state index is 10.9. The van der Waals surface area contributed by atoms with Crippen LogP contribution in [0.15, 0.2) is 16.5 Å². The van der Waals surface area contributed by atoms with E-state index in [1.807, 2.05) is 5.09 Å². The largest absolute Gasteiger partial charge is 0.459 e. The van der Waals surface area contributed by atoms with Crippen molar-refractivity contribution in [2.45, 2.75) is 13.2 Å². The summed E-state index contributed by atoms with van der Waals surface area (Å²) in [6.45, 7) is -0.282. The van der Waals surface area contributed by atoms with Crippen molar-refractivity contribution in [1.82, 2.24) is 5.09 Å². The molecule has 0 radical (unpaired) electrons. The minimum absolute atomic E-state index is 0.113. The molecule has 0 fully saturated rings. The van der Waals surface area contributed by atoms with Crippen molar-refractivity contribution < 1.29 is 28.0 Å². The lowest BCUT2D eigenvalue weighted by atomic mass is 10.4. The number of rotatable bonds is 5. The van der Waals surface area contributed by atoms with Gasteiger partial charge >= 0.3 is 12.2 Å². The maximum Gasteiger partial charge on any atom is 0.413 e.